The van der Waals surface area contributed by atoms with E-state index in [0.29, 0.717) is 9.23 Å². The van der Waals surface area contributed by atoms with E-state index in [0.717, 1.165) is 16.5 Å². The molecule has 3 nitrogen and oxygen atoms in total. The third-order valence-corrected chi connectivity index (χ3v) is 4.43. The zero-order valence-electron chi connectivity index (χ0n) is 9.94. The molecule has 1 saturated heterocycles. The third-order valence-electron chi connectivity index (χ3n) is 2.95. The molecule has 2 aromatic rings. The van der Waals surface area contributed by atoms with Crippen LogP contribution < -0.4 is 0 Å². The number of carbonyl (C=O) groups excluding carboxylic acids is 1. The predicted octanol–water partition coefficient (Wildman–Crippen LogP) is 3.14. The van der Waals surface area contributed by atoms with Gasteiger partial charge in [0.2, 0.25) is 0 Å². The fourth-order valence-electron chi connectivity index (χ4n) is 1.92. The number of thiocarbonyl (C=S) groups is 1. The van der Waals surface area contributed by atoms with Gasteiger partial charge < -0.3 is 4.98 Å². The van der Waals surface area contributed by atoms with E-state index in [2.05, 4.69) is 4.98 Å². The molecule has 19 heavy (non-hydrogen) atoms. The van der Waals surface area contributed by atoms with Gasteiger partial charge in [0.25, 0.3) is 5.91 Å². The van der Waals surface area contributed by atoms with E-state index in [4.69, 9.17) is 12.2 Å². The van der Waals surface area contributed by atoms with E-state index in [1.807, 2.05) is 0 Å². The number of nitrogens with zero attached hydrogens (tertiary/aromatic N) is 1. The minimum Gasteiger partial charge on any atom is -0.361 e. The number of aromatic amines is 1. The Morgan fingerprint density at radius 3 is 2.95 bits per heavy atom. The molecule has 0 radical (unpaired) electrons. The first-order valence-corrected chi connectivity index (χ1v) is 6.77. The molecule has 1 N–H and O–H groups in total. The number of carbonyl (C=O) groups is 1. The molecule has 3 rings (SSSR count). The number of hydrogen-bond donors (Lipinski definition) is 1. The van der Waals surface area contributed by atoms with Crippen molar-refractivity contribution in [1.29, 1.82) is 0 Å². The number of benzene rings is 1. The molecule has 0 bridgehead atoms. The summed E-state index contributed by atoms with van der Waals surface area (Å²) in [5.41, 5.74) is 1.61. The molecule has 96 valence electrons. The van der Waals surface area contributed by atoms with Crippen molar-refractivity contribution in [3.63, 3.8) is 0 Å². The summed E-state index contributed by atoms with van der Waals surface area (Å²) in [7, 11) is 1.65. The number of aromatic nitrogens is 1. The maximum atomic E-state index is 13.3. The van der Waals surface area contributed by atoms with Gasteiger partial charge in [0.05, 0.1) is 4.91 Å². The SMILES string of the molecule is CN1C(=O)/C(=C/c2c[nH]c3ccc(F)cc23)SC1=S. The van der Waals surface area contributed by atoms with Crippen molar-refractivity contribution in [1.82, 2.24) is 9.88 Å². The Balaban J connectivity index is 2.09. The van der Waals surface area contributed by atoms with Crippen molar-refractivity contribution in [2.24, 2.45) is 0 Å². The smallest absolute Gasteiger partial charge is 0.265 e. The lowest BCUT2D eigenvalue weighted by Crippen LogP contribution is -2.22. The van der Waals surface area contributed by atoms with Gasteiger partial charge >= 0.3 is 0 Å². The quantitative estimate of drug-likeness (QED) is 0.648. The van der Waals surface area contributed by atoms with Crippen LogP contribution in [0.5, 0.6) is 0 Å². The average molecular weight is 292 g/mol. The Hall–Kier alpha value is -1.66. The second-order valence-electron chi connectivity index (χ2n) is 4.17. The predicted molar refractivity (Wildman–Crippen MR) is 79.2 cm³/mol. The number of rotatable bonds is 1. The zero-order valence-corrected chi connectivity index (χ0v) is 11.6. The first-order valence-electron chi connectivity index (χ1n) is 5.54. The van der Waals surface area contributed by atoms with E-state index in [9.17, 15) is 9.18 Å². The maximum Gasteiger partial charge on any atom is 0.265 e. The fourth-order valence-corrected chi connectivity index (χ4v) is 3.09. The fraction of sp³-hybridized carbons (Fsp3) is 0.0769. The van der Waals surface area contributed by atoms with Gasteiger partial charge in [-0.3, -0.25) is 9.69 Å². The molecule has 0 spiro atoms. The van der Waals surface area contributed by atoms with E-state index >= 15 is 0 Å². The van der Waals surface area contributed by atoms with Crippen LogP contribution in [0.1, 0.15) is 5.56 Å². The average Bonchev–Trinajstić information content (AvgIpc) is 2.88. The molecule has 1 amide bonds. The van der Waals surface area contributed by atoms with Gasteiger partial charge in [0.1, 0.15) is 10.1 Å². The number of H-pyrrole nitrogens is 1. The summed E-state index contributed by atoms with van der Waals surface area (Å²) in [6.07, 6.45) is 3.49. The summed E-state index contributed by atoms with van der Waals surface area (Å²) in [5, 5.41) is 0.751. The summed E-state index contributed by atoms with van der Waals surface area (Å²) in [4.78, 5) is 16.9. The van der Waals surface area contributed by atoms with Gasteiger partial charge in [-0.15, -0.1) is 0 Å². The Bertz CT molecular complexity index is 735. The van der Waals surface area contributed by atoms with Crippen LogP contribution in [0.25, 0.3) is 17.0 Å². The van der Waals surface area contributed by atoms with Crippen LogP contribution in [0.4, 0.5) is 4.39 Å². The van der Waals surface area contributed by atoms with Crippen molar-refractivity contribution in [3.8, 4) is 0 Å². The van der Waals surface area contributed by atoms with Crippen molar-refractivity contribution in [2.45, 2.75) is 0 Å². The molecule has 1 fully saturated rings. The summed E-state index contributed by atoms with van der Waals surface area (Å²) >= 11 is 6.32. The minimum atomic E-state index is -0.301. The first kappa shape index (κ1) is 12.4. The lowest BCUT2D eigenvalue weighted by molar-refractivity contribution is -0.121. The molecule has 2 heterocycles. The van der Waals surface area contributed by atoms with Crippen LogP contribution in [0.3, 0.4) is 0 Å². The van der Waals surface area contributed by atoms with Crippen LogP contribution in [-0.2, 0) is 4.79 Å². The van der Waals surface area contributed by atoms with Gasteiger partial charge in [-0.2, -0.15) is 0 Å². The molecule has 6 heteroatoms. The monoisotopic (exact) mass is 292 g/mol. The summed E-state index contributed by atoms with van der Waals surface area (Å²) in [5.74, 6) is -0.425. The summed E-state index contributed by atoms with van der Waals surface area (Å²) in [6, 6.07) is 4.52. The van der Waals surface area contributed by atoms with E-state index in [1.165, 1.54) is 28.8 Å². The zero-order chi connectivity index (χ0) is 13.6. The topological polar surface area (TPSA) is 36.1 Å². The van der Waals surface area contributed by atoms with Crippen LogP contribution >= 0.6 is 24.0 Å². The molecular formula is C13H9FN2OS2. The Labute approximate surface area is 118 Å². The number of thioether (sulfide) groups is 1. The summed E-state index contributed by atoms with van der Waals surface area (Å²) in [6.45, 7) is 0. The first-order chi connectivity index (χ1) is 9.06. The molecule has 0 saturated carbocycles. The number of hydrogen-bond acceptors (Lipinski definition) is 3. The highest BCUT2D eigenvalue weighted by Gasteiger charge is 2.28. The Kier molecular flexibility index (Phi) is 2.91. The molecule has 0 unspecified atom stereocenters. The number of nitrogens with one attached hydrogen (secondary N) is 1. The number of likely N-dealkylation sites (N-methyl/N-ethyl adjacent to an activating group) is 1. The standard InChI is InChI=1S/C13H9FN2OS2/c1-16-12(17)11(19-13(16)18)4-7-6-15-10-3-2-8(14)5-9(7)10/h2-6,15H,1H3/b11-4-. The molecule has 0 atom stereocenters. The molecule has 1 aromatic carbocycles. The van der Waals surface area contributed by atoms with Gasteiger partial charge in [-0.1, -0.05) is 24.0 Å². The Morgan fingerprint density at radius 1 is 1.47 bits per heavy atom. The van der Waals surface area contributed by atoms with Crippen LogP contribution in [0.15, 0.2) is 29.3 Å². The van der Waals surface area contributed by atoms with Crippen LogP contribution in [-0.4, -0.2) is 27.2 Å². The molecule has 1 aliphatic heterocycles. The van der Waals surface area contributed by atoms with E-state index in [1.54, 1.807) is 25.4 Å². The van der Waals surface area contributed by atoms with Crippen molar-refractivity contribution >= 4 is 51.2 Å². The van der Waals surface area contributed by atoms with Gasteiger partial charge in [0, 0.05) is 29.7 Å². The number of fused-ring (bicyclic) bond motifs is 1. The summed E-state index contributed by atoms with van der Waals surface area (Å²) < 4.78 is 13.8. The Morgan fingerprint density at radius 2 is 2.26 bits per heavy atom. The molecule has 0 aliphatic carbocycles. The molecule has 1 aromatic heterocycles. The molecule has 1 aliphatic rings. The van der Waals surface area contributed by atoms with E-state index in [-0.39, 0.29) is 11.7 Å². The van der Waals surface area contributed by atoms with Crippen molar-refractivity contribution in [2.75, 3.05) is 7.05 Å². The highest BCUT2D eigenvalue weighted by molar-refractivity contribution is 8.26. The maximum absolute atomic E-state index is 13.3. The van der Waals surface area contributed by atoms with Gasteiger partial charge in [0.15, 0.2) is 0 Å². The van der Waals surface area contributed by atoms with Crippen LogP contribution in [0.2, 0.25) is 0 Å². The second kappa shape index (κ2) is 4.47. The lowest BCUT2D eigenvalue weighted by Gasteiger charge is -2.03. The highest BCUT2D eigenvalue weighted by atomic mass is 32.2. The van der Waals surface area contributed by atoms with Gasteiger partial charge in [-0.05, 0) is 24.3 Å². The molecular weight excluding hydrogens is 283 g/mol. The minimum absolute atomic E-state index is 0.124. The van der Waals surface area contributed by atoms with Crippen molar-refractivity contribution in [3.05, 3.63) is 40.7 Å². The van der Waals surface area contributed by atoms with Gasteiger partial charge in [-0.25, -0.2) is 4.39 Å². The number of halogens is 1. The third kappa shape index (κ3) is 2.06. The second-order valence-corrected chi connectivity index (χ2v) is 5.85. The normalized spacial score (nSPS) is 18.0. The largest absolute Gasteiger partial charge is 0.361 e. The highest BCUT2D eigenvalue weighted by Crippen LogP contribution is 2.32. The number of amides is 1. The van der Waals surface area contributed by atoms with Crippen LogP contribution in [0, 0.1) is 5.82 Å². The van der Waals surface area contributed by atoms with Crippen molar-refractivity contribution < 1.29 is 9.18 Å². The van der Waals surface area contributed by atoms with E-state index < -0.39 is 0 Å². The lowest BCUT2D eigenvalue weighted by atomic mass is 10.1.